The fourth-order valence-corrected chi connectivity index (χ4v) is 3.69. The van der Waals surface area contributed by atoms with Gasteiger partial charge in [0.25, 0.3) is 0 Å². The Morgan fingerprint density at radius 3 is 1.92 bits per heavy atom. The summed E-state index contributed by atoms with van der Waals surface area (Å²) in [6.45, 7) is 2.24. The molecule has 0 spiro atoms. The summed E-state index contributed by atoms with van der Waals surface area (Å²) >= 11 is 0. The van der Waals surface area contributed by atoms with Gasteiger partial charge in [-0.25, -0.2) is 0 Å². The summed E-state index contributed by atoms with van der Waals surface area (Å²) < 4.78 is 5.26. The molecule has 0 aliphatic carbocycles. The molecule has 0 saturated carbocycles. The summed E-state index contributed by atoms with van der Waals surface area (Å²) in [6.07, 6.45) is 0.267. The molecule has 0 atom stereocenters. The summed E-state index contributed by atoms with van der Waals surface area (Å²) in [4.78, 5) is 12.4. The van der Waals surface area contributed by atoms with Gasteiger partial charge in [-0.15, -0.1) is 0 Å². The molecule has 0 radical (unpaired) electrons. The smallest absolute Gasteiger partial charge is 0.310 e. The molecule has 26 heavy (non-hydrogen) atoms. The molecule has 0 unspecified atom stereocenters. The number of carbonyl (C=O) groups is 1. The predicted molar refractivity (Wildman–Crippen MR) is 107 cm³/mol. The third kappa shape index (κ3) is 2.84. The van der Waals surface area contributed by atoms with Crippen LogP contribution in [0, 0.1) is 0 Å². The van der Waals surface area contributed by atoms with Crippen LogP contribution in [0.15, 0.2) is 78.9 Å². The van der Waals surface area contributed by atoms with Crippen LogP contribution in [-0.2, 0) is 16.0 Å². The lowest BCUT2D eigenvalue weighted by atomic mass is 9.87. The molecule has 0 heterocycles. The average molecular weight is 340 g/mol. The van der Waals surface area contributed by atoms with Crippen molar-refractivity contribution >= 4 is 27.5 Å². The average Bonchev–Trinajstić information content (AvgIpc) is 2.69. The highest BCUT2D eigenvalue weighted by Gasteiger charge is 2.18. The third-order valence-corrected chi connectivity index (χ3v) is 4.73. The lowest BCUT2D eigenvalue weighted by Gasteiger charge is -2.17. The van der Waals surface area contributed by atoms with E-state index < -0.39 is 0 Å². The maximum atomic E-state index is 12.4. The number of hydrogen-bond acceptors (Lipinski definition) is 2. The van der Waals surface area contributed by atoms with E-state index in [9.17, 15) is 4.79 Å². The lowest BCUT2D eigenvalue weighted by Crippen LogP contribution is -2.09. The predicted octanol–water partition coefficient (Wildman–Crippen LogP) is 5.77. The minimum absolute atomic E-state index is 0.190. The number of rotatable bonds is 4. The van der Waals surface area contributed by atoms with E-state index in [-0.39, 0.29) is 12.4 Å². The largest absolute Gasteiger partial charge is 0.466 e. The summed E-state index contributed by atoms with van der Waals surface area (Å²) in [6, 6.07) is 27.0. The molecule has 4 rings (SSSR count). The van der Waals surface area contributed by atoms with Gasteiger partial charge in [-0.05, 0) is 45.2 Å². The van der Waals surface area contributed by atoms with Crippen LogP contribution in [0.25, 0.3) is 32.7 Å². The van der Waals surface area contributed by atoms with Crippen LogP contribution in [0.1, 0.15) is 12.5 Å². The quantitative estimate of drug-likeness (QED) is 0.348. The molecule has 4 aromatic carbocycles. The van der Waals surface area contributed by atoms with Crippen molar-refractivity contribution in [2.75, 3.05) is 6.61 Å². The van der Waals surface area contributed by atoms with Gasteiger partial charge in [-0.1, -0.05) is 78.9 Å². The Balaban J connectivity index is 2.11. The van der Waals surface area contributed by atoms with Crippen molar-refractivity contribution in [2.45, 2.75) is 13.3 Å². The Labute approximate surface area is 153 Å². The molecule has 0 saturated heterocycles. The Morgan fingerprint density at radius 2 is 1.27 bits per heavy atom. The highest BCUT2D eigenvalue weighted by atomic mass is 16.5. The topological polar surface area (TPSA) is 26.3 Å². The summed E-state index contributed by atoms with van der Waals surface area (Å²) in [5, 5.41) is 4.64. The monoisotopic (exact) mass is 340 g/mol. The molecule has 0 N–H and O–H groups in total. The second-order valence-electron chi connectivity index (χ2n) is 6.29. The Kier molecular flexibility index (Phi) is 4.40. The molecule has 2 nitrogen and oxygen atoms in total. The van der Waals surface area contributed by atoms with Crippen molar-refractivity contribution in [3.05, 3.63) is 84.4 Å². The van der Waals surface area contributed by atoms with Crippen LogP contribution in [0.4, 0.5) is 0 Å². The third-order valence-electron chi connectivity index (χ3n) is 4.73. The number of ether oxygens (including phenoxy) is 1. The Morgan fingerprint density at radius 1 is 0.731 bits per heavy atom. The normalized spacial score (nSPS) is 11.0. The molecule has 0 amide bonds. The van der Waals surface area contributed by atoms with Gasteiger partial charge in [0.2, 0.25) is 0 Å². The second-order valence-corrected chi connectivity index (χ2v) is 6.29. The first-order valence-electron chi connectivity index (χ1n) is 8.93. The number of hydrogen-bond donors (Lipinski definition) is 0. The standard InChI is InChI=1S/C24H20O2/c1-2-26-23(25)16-22-20-14-7-6-12-18(20)19-13-8-9-15-21(19)24(22)17-10-4-3-5-11-17/h3-15H,2,16H2,1H3. The molecule has 4 aromatic rings. The summed E-state index contributed by atoms with van der Waals surface area (Å²) in [7, 11) is 0. The molecule has 0 fully saturated rings. The van der Waals surface area contributed by atoms with E-state index in [0.717, 1.165) is 27.5 Å². The maximum Gasteiger partial charge on any atom is 0.310 e. The van der Waals surface area contributed by atoms with Crippen LogP contribution in [0.3, 0.4) is 0 Å². The first-order valence-corrected chi connectivity index (χ1v) is 8.93. The van der Waals surface area contributed by atoms with Crippen molar-refractivity contribution in [2.24, 2.45) is 0 Å². The molecule has 0 aliphatic rings. The molecule has 0 aromatic heterocycles. The van der Waals surface area contributed by atoms with Gasteiger partial charge in [0, 0.05) is 0 Å². The molecule has 0 bridgehead atoms. The van der Waals surface area contributed by atoms with Gasteiger partial charge in [0.1, 0.15) is 0 Å². The van der Waals surface area contributed by atoms with Crippen LogP contribution in [-0.4, -0.2) is 12.6 Å². The van der Waals surface area contributed by atoms with Crippen molar-refractivity contribution in [1.29, 1.82) is 0 Å². The van der Waals surface area contributed by atoms with Gasteiger partial charge in [-0.3, -0.25) is 4.79 Å². The van der Waals surface area contributed by atoms with Gasteiger partial charge >= 0.3 is 5.97 Å². The van der Waals surface area contributed by atoms with Crippen LogP contribution < -0.4 is 0 Å². The zero-order valence-corrected chi connectivity index (χ0v) is 14.7. The van der Waals surface area contributed by atoms with E-state index >= 15 is 0 Å². The second kappa shape index (κ2) is 7.01. The van der Waals surface area contributed by atoms with Crippen LogP contribution in [0.2, 0.25) is 0 Å². The Hall–Kier alpha value is -3.13. The zero-order valence-electron chi connectivity index (χ0n) is 14.7. The molecule has 0 aliphatic heterocycles. The van der Waals surface area contributed by atoms with Gasteiger partial charge in [0.05, 0.1) is 13.0 Å². The number of benzene rings is 4. The van der Waals surface area contributed by atoms with Gasteiger partial charge in [0.15, 0.2) is 0 Å². The first kappa shape index (κ1) is 16.3. The maximum absolute atomic E-state index is 12.4. The minimum Gasteiger partial charge on any atom is -0.466 e. The van der Waals surface area contributed by atoms with E-state index in [0.29, 0.717) is 6.61 Å². The van der Waals surface area contributed by atoms with Crippen LogP contribution in [0.5, 0.6) is 0 Å². The number of fused-ring (bicyclic) bond motifs is 3. The highest BCUT2D eigenvalue weighted by Crippen LogP contribution is 2.39. The SMILES string of the molecule is CCOC(=O)Cc1c(-c2ccccc2)c2ccccc2c2ccccc12. The molecular formula is C24H20O2. The van der Waals surface area contributed by atoms with Gasteiger partial charge < -0.3 is 4.74 Å². The van der Waals surface area contributed by atoms with Crippen molar-refractivity contribution < 1.29 is 9.53 Å². The highest BCUT2D eigenvalue weighted by molar-refractivity contribution is 6.16. The lowest BCUT2D eigenvalue weighted by molar-refractivity contribution is -0.142. The zero-order chi connectivity index (χ0) is 17.9. The van der Waals surface area contributed by atoms with Crippen molar-refractivity contribution in [3.63, 3.8) is 0 Å². The van der Waals surface area contributed by atoms with Crippen molar-refractivity contribution in [1.82, 2.24) is 0 Å². The number of esters is 1. The van der Waals surface area contributed by atoms with Crippen LogP contribution >= 0.6 is 0 Å². The number of carbonyl (C=O) groups excluding carboxylic acids is 1. The first-order chi connectivity index (χ1) is 12.8. The minimum atomic E-state index is -0.190. The Bertz CT molecular complexity index is 1080. The van der Waals surface area contributed by atoms with E-state index in [1.807, 2.05) is 37.3 Å². The van der Waals surface area contributed by atoms with E-state index in [2.05, 4.69) is 48.5 Å². The van der Waals surface area contributed by atoms with Gasteiger partial charge in [-0.2, -0.15) is 0 Å². The van der Waals surface area contributed by atoms with E-state index in [1.165, 1.54) is 10.8 Å². The fraction of sp³-hybridized carbons (Fsp3) is 0.125. The molecule has 2 heteroatoms. The van der Waals surface area contributed by atoms with E-state index in [4.69, 9.17) is 4.74 Å². The molecule has 128 valence electrons. The summed E-state index contributed by atoms with van der Waals surface area (Å²) in [5.41, 5.74) is 3.27. The van der Waals surface area contributed by atoms with Crippen molar-refractivity contribution in [3.8, 4) is 11.1 Å². The van der Waals surface area contributed by atoms with E-state index in [1.54, 1.807) is 0 Å². The molecular weight excluding hydrogens is 320 g/mol. The summed E-state index contributed by atoms with van der Waals surface area (Å²) in [5.74, 6) is -0.190. The fourth-order valence-electron chi connectivity index (χ4n) is 3.69.